The van der Waals surface area contributed by atoms with Crippen LogP contribution in [0.2, 0.25) is 0 Å². The van der Waals surface area contributed by atoms with Crippen LogP contribution in [0, 0.1) is 6.92 Å². The Morgan fingerprint density at radius 3 is 2.29 bits per heavy atom. The number of urea groups is 1. The van der Waals surface area contributed by atoms with E-state index in [4.69, 9.17) is 0 Å². The number of nitrogens with zero attached hydrogens (tertiary/aromatic N) is 4. The number of anilines is 2. The first-order valence-corrected chi connectivity index (χ1v) is 10.2. The highest BCUT2D eigenvalue weighted by Gasteiger charge is 2.26. The molecule has 3 amide bonds. The van der Waals surface area contributed by atoms with E-state index in [0.717, 1.165) is 50.3 Å². The zero-order valence-corrected chi connectivity index (χ0v) is 17.6. The Hall–Kier alpha value is -2.28. The summed E-state index contributed by atoms with van der Waals surface area (Å²) in [6, 6.07) is 6.44. The standard InChI is InChI=1S/C21H33N5O2/c1-16-15-19(25-13-11-23(3)12-14-25)5-6-20(16)22-21(28)26-9-7-18(8-10-26)24(4)17(2)27/h5-6,15,18H,7-14H2,1-4H3,(H,22,28). The molecule has 0 bridgehead atoms. The molecule has 2 aliphatic rings. The molecule has 1 N–H and O–H groups in total. The van der Waals surface area contributed by atoms with Gasteiger partial charge in [-0.05, 0) is 50.6 Å². The molecule has 0 atom stereocenters. The third-order valence-electron chi connectivity index (χ3n) is 6.12. The number of rotatable bonds is 3. The van der Waals surface area contributed by atoms with Crippen LogP contribution in [0.25, 0.3) is 0 Å². The molecule has 0 aliphatic carbocycles. The lowest BCUT2D eigenvalue weighted by atomic mass is 10.0. The number of benzene rings is 1. The van der Waals surface area contributed by atoms with E-state index in [1.54, 1.807) is 11.8 Å². The Bertz CT molecular complexity index is 707. The molecule has 2 heterocycles. The third kappa shape index (κ3) is 4.76. The minimum atomic E-state index is -0.0561. The molecule has 1 aromatic carbocycles. The van der Waals surface area contributed by atoms with Gasteiger partial charge in [0.05, 0.1) is 0 Å². The Balaban J connectivity index is 1.55. The summed E-state index contributed by atoms with van der Waals surface area (Å²) in [6.45, 7) is 9.20. The molecule has 154 valence electrons. The average Bonchev–Trinajstić information content (AvgIpc) is 2.69. The fourth-order valence-corrected chi connectivity index (χ4v) is 3.96. The van der Waals surface area contributed by atoms with Crippen molar-refractivity contribution in [1.29, 1.82) is 0 Å². The van der Waals surface area contributed by atoms with E-state index in [1.807, 2.05) is 24.9 Å². The second kappa shape index (κ2) is 8.82. The largest absolute Gasteiger partial charge is 0.369 e. The normalized spacial score (nSPS) is 18.9. The van der Waals surface area contributed by atoms with Crippen LogP contribution in [0.1, 0.15) is 25.3 Å². The van der Waals surface area contributed by atoms with Gasteiger partial charge in [-0.15, -0.1) is 0 Å². The van der Waals surface area contributed by atoms with Gasteiger partial charge in [-0.25, -0.2) is 4.79 Å². The van der Waals surface area contributed by atoms with Crippen LogP contribution in [0.15, 0.2) is 18.2 Å². The number of amides is 3. The van der Waals surface area contributed by atoms with Gasteiger partial charge in [0, 0.05) is 70.7 Å². The number of piperidine rings is 1. The van der Waals surface area contributed by atoms with Gasteiger partial charge in [-0.1, -0.05) is 0 Å². The Kier molecular flexibility index (Phi) is 6.44. The van der Waals surface area contributed by atoms with Gasteiger partial charge in [0.1, 0.15) is 0 Å². The number of aryl methyl sites for hydroxylation is 1. The average molecular weight is 388 g/mol. The molecule has 28 heavy (non-hydrogen) atoms. The summed E-state index contributed by atoms with van der Waals surface area (Å²) in [4.78, 5) is 32.6. The Labute approximate surface area is 168 Å². The SMILES string of the molecule is CC(=O)N(C)C1CCN(C(=O)Nc2ccc(N3CCN(C)CC3)cc2C)CC1. The van der Waals surface area contributed by atoms with E-state index < -0.39 is 0 Å². The van der Waals surface area contributed by atoms with Crippen LogP contribution >= 0.6 is 0 Å². The molecule has 3 rings (SSSR count). The van der Waals surface area contributed by atoms with Gasteiger partial charge < -0.3 is 24.9 Å². The van der Waals surface area contributed by atoms with E-state index >= 15 is 0 Å². The van der Waals surface area contributed by atoms with Crippen LogP contribution in [-0.2, 0) is 4.79 Å². The number of nitrogens with one attached hydrogen (secondary N) is 1. The third-order valence-corrected chi connectivity index (χ3v) is 6.12. The summed E-state index contributed by atoms with van der Waals surface area (Å²) < 4.78 is 0. The molecular weight excluding hydrogens is 354 g/mol. The highest BCUT2D eigenvalue weighted by molar-refractivity contribution is 5.90. The van der Waals surface area contributed by atoms with Gasteiger partial charge in [0.15, 0.2) is 0 Å². The molecule has 7 heteroatoms. The van der Waals surface area contributed by atoms with Crippen LogP contribution in [0.3, 0.4) is 0 Å². The summed E-state index contributed by atoms with van der Waals surface area (Å²) in [5, 5.41) is 3.06. The van der Waals surface area contributed by atoms with Crippen molar-refractivity contribution in [3.8, 4) is 0 Å². The van der Waals surface area contributed by atoms with Gasteiger partial charge in [-0.3, -0.25) is 4.79 Å². The lowest BCUT2D eigenvalue weighted by Crippen LogP contribution is -2.48. The predicted molar refractivity (Wildman–Crippen MR) is 113 cm³/mol. The van der Waals surface area contributed by atoms with Crippen molar-refractivity contribution in [2.24, 2.45) is 0 Å². The first-order chi connectivity index (χ1) is 13.3. The van der Waals surface area contributed by atoms with Gasteiger partial charge in [0.25, 0.3) is 0 Å². The van der Waals surface area contributed by atoms with Crippen molar-refractivity contribution >= 4 is 23.3 Å². The van der Waals surface area contributed by atoms with Gasteiger partial charge in [-0.2, -0.15) is 0 Å². The first kappa shape index (κ1) is 20.5. The number of carbonyl (C=O) groups is 2. The summed E-state index contributed by atoms with van der Waals surface area (Å²) in [6.07, 6.45) is 1.65. The van der Waals surface area contributed by atoms with Crippen molar-refractivity contribution < 1.29 is 9.59 Å². The molecule has 0 spiro atoms. The summed E-state index contributed by atoms with van der Waals surface area (Å²) in [7, 11) is 4.00. The number of piperazine rings is 1. The van der Waals surface area contributed by atoms with E-state index in [0.29, 0.717) is 13.1 Å². The Morgan fingerprint density at radius 1 is 1.07 bits per heavy atom. The molecule has 7 nitrogen and oxygen atoms in total. The van der Waals surface area contributed by atoms with E-state index in [-0.39, 0.29) is 18.0 Å². The van der Waals surface area contributed by atoms with Crippen molar-refractivity contribution in [2.75, 3.05) is 63.6 Å². The molecule has 1 aromatic rings. The molecule has 0 unspecified atom stereocenters. The second-order valence-electron chi connectivity index (χ2n) is 8.07. The molecule has 0 radical (unpaired) electrons. The predicted octanol–water partition coefficient (Wildman–Crippen LogP) is 2.22. The minimum Gasteiger partial charge on any atom is -0.369 e. The summed E-state index contributed by atoms with van der Waals surface area (Å²) >= 11 is 0. The zero-order valence-electron chi connectivity index (χ0n) is 17.6. The number of likely N-dealkylation sites (N-methyl/N-ethyl adjacent to an activating group) is 1. The monoisotopic (exact) mass is 387 g/mol. The molecule has 0 aromatic heterocycles. The summed E-state index contributed by atoms with van der Waals surface area (Å²) in [5.74, 6) is 0.0824. The van der Waals surface area contributed by atoms with Crippen molar-refractivity contribution in [3.63, 3.8) is 0 Å². The topological polar surface area (TPSA) is 59.1 Å². The fourth-order valence-electron chi connectivity index (χ4n) is 3.96. The van der Waals surface area contributed by atoms with E-state index in [1.165, 1.54) is 5.69 Å². The first-order valence-electron chi connectivity index (χ1n) is 10.2. The maximum atomic E-state index is 12.7. The maximum absolute atomic E-state index is 12.7. The minimum absolute atomic E-state index is 0.0561. The number of likely N-dealkylation sites (tertiary alicyclic amines) is 1. The fraction of sp³-hybridized carbons (Fsp3) is 0.619. The molecule has 2 fully saturated rings. The number of carbonyl (C=O) groups excluding carboxylic acids is 2. The quantitative estimate of drug-likeness (QED) is 0.864. The highest BCUT2D eigenvalue weighted by Crippen LogP contribution is 2.24. The molecular formula is C21H33N5O2. The van der Waals surface area contributed by atoms with Crippen molar-refractivity contribution in [3.05, 3.63) is 23.8 Å². The van der Waals surface area contributed by atoms with Crippen molar-refractivity contribution in [2.45, 2.75) is 32.7 Å². The summed E-state index contributed by atoms with van der Waals surface area (Å²) in [5.41, 5.74) is 3.17. The lowest BCUT2D eigenvalue weighted by molar-refractivity contribution is -0.130. The van der Waals surface area contributed by atoms with Gasteiger partial charge >= 0.3 is 6.03 Å². The smallest absolute Gasteiger partial charge is 0.321 e. The maximum Gasteiger partial charge on any atom is 0.321 e. The second-order valence-corrected chi connectivity index (χ2v) is 8.07. The van der Waals surface area contributed by atoms with Gasteiger partial charge in [0.2, 0.25) is 5.91 Å². The zero-order chi connectivity index (χ0) is 20.3. The van der Waals surface area contributed by atoms with E-state index in [2.05, 4.69) is 34.3 Å². The Morgan fingerprint density at radius 2 is 1.71 bits per heavy atom. The van der Waals surface area contributed by atoms with Crippen LogP contribution in [-0.4, -0.2) is 86.0 Å². The highest BCUT2D eigenvalue weighted by atomic mass is 16.2. The van der Waals surface area contributed by atoms with Crippen LogP contribution < -0.4 is 10.2 Å². The number of hydrogen-bond acceptors (Lipinski definition) is 4. The molecule has 2 aliphatic heterocycles. The number of hydrogen-bond donors (Lipinski definition) is 1. The van der Waals surface area contributed by atoms with Crippen LogP contribution in [0.4, 0.5) is 16.2 Å². The molecule has 2 saturated heterocycles. The lowest BCUT2D eigenvalue weighted by Gasteiger charge is -2.36. The van der Waals surface area contributed by atoms with Crippen LogP contribution in [0.5, 0.6) is 0 Å². The van der Waals surface area contributed by atoms with Crippen molar-refractivity contribution in [1.82, 2.24) is 14.7 Å². The van der Waals surface area contributed by atoms with E-state index in [9.17, 15) is 9.59 Å². The molecule has 0 saturated carbocycles.